The van der Waals surface area contributed by atoms with Gasteiger partial charge in [0.05, 0.1) is 11.6 Å². The maximum absolute atomic E-state index is 10.6. The molecule has 0 aliphatic heterocycles. The molecule has 0 atom stereocenters. The number of ether oxygens (including phenoxy) is 2. The molecule has 114 valence electrons. The third-order valence-corrected chi connectivity index (χ3v) is 3.60. The van der Waals surface area contributed by atoms with Crippen molar-refractivity contribution < 1.29 is 19.4 Å². The van der Waals surface area contributed by atoms with Crippen LogP contribution < -0.4 is 9.47 Å². The van der Waals surface area contributed by atoms with E-state index < -0.39 is 5.97 Å². The SMILES string of the molecule is COc1ccc(C=CC(=O)O)cc1COc1ccccc1Br. The van der Waals surface area contributed by atoms with E-state index in [1.165, 1.54) is 6.08 Å². The molecule has 2 aromatic rings. The quantitative estimate of drug-likeness (QED) is 0.784. The monoisotopic (exact) mass is 362 g/mol. The van der Waals surface area contributed by atoms with Crippen molar-refractivity contribution in [1.82, 2.24) is 0 Å². The summed E-state index contributed by atoms with van der Waals surface area (Å²) in [5.74, 6) is 0.442. The first-order valence-electron chi connectivity index (χ1n) is 6.55. The third-order valence-electron chi connectivity index (χ3n) is 2.94. The minimum Gasteiger partial charge on any atom is -0.496 e. The van der Waals surface area contributed by atoms with E-state index in [2.05, 4.69) is 15.9 Å². The van der Waals surface area contributed by atoms with Crippen LogP contribution in [0.1, 0.15) is 11.1 Å². The number of para-hydroxylation sites is 1. The molecule has 0 radical (unpaired) electrons. The fraction of sp³-hybridized carbons (Fsp3) is 0.118. The molecule has 1 N–H and O–H groups in total. The van der Waals surface area contributed by atoms with Gasteiger partial charge in [-0.2, -0.15) is 0 Å². The highest BCUT2D eigenvalue weighted by Crippen LogP contribution is 2.27. The van der Waals surface area contributed by atoms with Crippen LogP contribution in [0, 0.1) is 0 Å². The van der Waals surface area contributed by atoms with E-state index in [0.717, 1.165) is 27.4 Å². The Morgan fingerprint density at radius 2 is 2.00 bits per heavy atom. The highest BCUT2D eigenvalue weighted by molar-refractivity contribution is 9.10. The number of halogens is 1. The number of rotatable bonds is 6. The van der Waals surface area contributed by atoms with Crippen LogP contribution in [0.2, 0.25) is 0 Å². The molecule has 0 fully saturated rings. The van der Waals surface area contributed by atoms with Gasteiger partial charge in [-0.1, -0.05) is 18.2 Å². The first kappa shape index (κ1) is 16.1. The molecule has 0 aliphatic rings. The van der Waals surface area contributed by atoms with Gasteiger partial charge in [0.2, 0.25) is 0 Å². The molecular weight excluding hydrogens is 348 g/mol. The minimum absolute atomic E-state index is 0.320. The van der Waals surface area contributed by atoms with Crippen molar-refractivity contribution in [1.29, 1.82) is 0 Å². The van der Waals surface area contributed by atoms with Crippen LogP contribution in [0.25, 0.3) is 6.08 Å². The average molecular weight is 363 g/mol. The van der Waals surface area contributed by atoms with Crippen molar-refractivity contribution in [3.8, 4) is 11.5 Å². The standard InChI is InChI=1S/C17H15BrO4/c1-21-15-8-6-12(7-9-17(19)20)10-13(15)11-22-16-5-3-2-4-14(16)18/h2-10H,11H2,1H3,(H,19,20). The van der Waals surface area contributed by atoms with Crippen LogP contribution in [-0.4, -0.2) is 18.2 Å². The largest absolute Gasteiger partial charge is 0.496 e. The molecule has 0 unspecified atom stereocenters. The van der Waals surface area contributed by atoms with Crippen LogP contribution in [0.3, 0.4) is 0 Å². The van der Waals surface area contributed by atoms with Crippen molar-refractivity contribution in [3.05, 3.63) is 64.1 Å². The van der Waals surface area contributed by atoms with Crippen molar-refractivity contribution in [3.63, 3.8) is 0 Å². The second-order valence-corrected chi connectivity index (χ2v) is 5.32. The number of benzene rings is 2. The van der Waals surface area contributed by atoms with E-state index in [1.54, 1.807) is 19.2 Å². The zero-order valence-electron chi connectivity index (χ0n) is 12.0. The van der Waals surface area contributed by atoms with E-state index in [4.69, 9.17) is 14.6 Å². The molecule has 0 saturated carbocycles. The average Bonchev–Trinajstić information content (AvgIpc) is 2.52. The van der Waals surface area contributed by atoms with E-state index in [-0.39, 0.29) is 0 Å². The lowest BCUT2D eigenvalue weighted by molar-refractivity contribution is -0.131. The Labute approximate surface area is 137 Å². The van der Waals surface area contributed by atoms with Gasteiger partial charge in [-0.3, -0.25) is 0 Å². The van der Waals surface area contributed by atoms with Gasteiger partial charge in [-0.05, 0) is 51.8 Å². The lowest BCUT2D eigenvalue weighted by Gasteiger charge is -2.12. The number of aliphatic carboxylic acids is 1. The van der Waals surface area contributed by atoms with Gasteiger partial charge in [-0.25, -0.2) is 4.79 Å². The second kappa shape index (κ2) is 7.66. The second-order valence-electron chi connectivity index (χ2n) is 4.46. The highest BCUT2D eigenvalue weighted by Gasteiger charge is 2.06. The van der Waals surface area contributed by atoms with Gasteiger partial charge in [0.25, 0.3) is 0 Å². The van der Waals surface area contributed by atoms with Crippen molar-refractivity contribution in [2.24, 2.45) is 0 Å². The van der Waals surface area contributed by atoms with E-state index in [0.29, 0.717) is 12.4 Å². The maximum Gasteiger partial charge on any atom is 0.328 e. The normalized spacial score (nSPS) is 10.6. The van der Waals surface area contributed by atoms with E-state index in [9.17, 15) is 4.79 Å². The summed E-state index contributed by atoms with van der Waals surface area (Å²) >= 11 is 3.43. The molecule has 0 amide bonds. The topological polar surface area (TPSA) is 55.8 Å². The summed E-state index contributed by atoms with van der Waals surface area (Å²) in [6.07, 6.45) is 2.63. The number of hydrogen-bond acceptors (Lipinski definition) is 3. The van der Waals surface area contributed by atoms with Gasteiger partial charge < -0.3 is 14.6 Å². The summed E-state index contributed by atoms with van der Waals surface area (Å²) in [5, 5.41) is 8.69. The Balaban J connectivity index is 2.19. The van der Waals surface area contributed by atoms with Crippen LogP contribution in [0.4, 0.5) is 0 Å². The van der Waals surface area contributed by atoms with Crippen LogP contribution in [0.15, 0.2) is 53.0 Å². The Morgan fingerprint density at radius 1 is 1.23 bits per heavy atom. The third kappa shape index (κ3) is 4.36. The fourth-order valence-electron chi connectivity index (χ4n) is 1.90. The Kier molecular flexibility index (Phi) is 5.61. The van der Waals surface area contributed by atoms with E-state index in [1.807, 2.05) is 30.3 Å². The minimum atomic E-state index is -0.984. The molecule has 0 heterocycles. The van der Waals surface area contributed by atoms with Crippen LogP contribution in [-0.2, 0) is 11.4 Å². The Hall–Kier alpha value is -2.27. The molecule has 2 rings (SSSR count). The summed E-state index contributed by atoms with van der Waals surface area (Å²) in [6.45, 7) is 0.320. The maximum atomic E-state index is 10.6. The number of carboxylic acid groups (broad SMARTS) is 1. The van der Waals surface area contributed by atoms with Gasteiger partial charge >= 0.3 is 5.97 Å². The molecule has 4 nitrogen and oxygen atoms in total. The number of hydrogen-bond donors (Lipinski definition) is 1. The first-order valence-corrected chi connectivity index (χ1v) is 7.34. The molecule has 0 saturated heterocycles. The van der Waals surface area contributed by atoms with Gasteiger partial charge in [0.15, 0.2) is 0 Å². The lowest BCUT2D eigenvalue weighted by atomic mass is 10.1. The Morgan fingerprint density at radius 3 is 2.68 bits per heavy atom. The summed E-state index contributed by atoms with van der Waals surface area (Å²) in [5.41, 5.74) is 1.61. The summed E-state index contributed by atoms with van der Waals surface area (Å²) < 4.78 is 12.0. The number of carboxylic acids is 1. The van der Waals surface area contributed by atoms with Gasteiger partial charge in [0.1, 0.15) is 18.1 Å². The predicted octanol–water partition coefficient (Wildman–Crippen LogP) is 4.13. The van der Waals surface area contributed by atoms with Crippen molar-refractivity contribution in [2.75, 3.05) is 7.11 Å². The first-order chi connectivity index (χ1) is 10.6. The molecule has 5 heteroatoms. The molecule has 0 bridgehead atoms. The predicted molar refractivity (Wildman–Crippen MR) is 88.1 cm³/mol. The Bertz CT molecular complexity index is 695. The number of methoxy groups -OCH3 is 1. The molecular formula is C17H15BrO4. The summed E-state index contributed by atoms with van der Waals surface area (Å²) in [6, 6.07) is 13.0. The lowest BCUT2D eigenvalue weighted by Crippen LogP contribution is -2.00. The smallest absolute Gasteiger partial charge is 0.328 e. The molecule has 0 spiro atoms. The highest BCUT2D eigenvalue weighted by atomic mass is 79.9. The van der Waals surface area contributed by atoms with E-state index >= 15 is 0 Å². The van der Waals surface area contributed by atoms with Crippen LogP contribution >= 0.6 is 15.9 Å². The molecule has 2 aromatic carbocycles. The number of carbonyl (C=O) groups is 1. The van der Waals surface area contributed by atoms with Crippen LogP contribution in [0.5, 0.6) is 11.5 Å². The van der Waals surface area contributed by atoms with Crippen molar-refractivity contribution >= 4 is 28.0 Å². The van der Waals surface area contributed by atoms with Crippen molar-refractivity contribution in [2.45, 2.75) is 6.61 Å². The summed E-state index contributed by atoms with van der Waals surface area (Å²) in [4.78, 5) is 10.6. The van der Waals surface area contributed by atoms with Gasteiger partial charge in [-0.15, -0.1) is 0 Å². The van der Waals surface area contributed by atoms with Gasteiger partial charge in [0, 0.05) is 11.6 Å². The molecule has 0 aliphatic carbocycles. The fourth-order valence-corrected chi connectivity index (χ4v) is 2.30. The molecule has 22 heavy (non-hydrogen) atoms. The molecule has 0 aromatic heterocycles. The zero-order valence-corrected chi connectivity index (χ0v) is 13.5. The summed E-state index contributed by atoms with van der Waals surface area (Å²) in [7, 11) is 1.59. The zero-order chi connectivity index (χ0) is 15.9.